The maximum Gasteiger partial charge on any atom is 0.00798 e. The molecule has 0 aromatic carbocycles. The van der Waals surface area contributed by atoms with E-state index < -0.39 is 0 Å². The lowest BCUT2D eigenvalue weighted by Gasteiger charge is -2.21. The van der Waals surface area contributed by atoms with Crippen LogP contribution in [0.15, 0.2) is 0 Å². The first-order chi connectivity index (χ1) is 7.35. The van der Waals surface area contributed by atoms with E-state index in [-0.39, 0.29) is 0 Å². The zero-order valence-corrected chi connectivity index (χ0v) is 10.1. The number of rotatable bonds is 5. The molecule has 1 heterocycles. The molecule has 0 aromatic rings. The van der Waals surface area contributed by atoms with Crippen LogP contribution >= 0.6 is 0 Å². The van der Waals surface area contributed by atoms with Crippen LogP contribution in [0.1, 0.15) is 51.9 Å². The zero-order valence-electron chi connectivity index (χ0n) is 10.1. The van der Waals surface area contributed by atoms with Gasteiger partial charge in [0.15, 0.2) is 0 Å². The van der Waals surface area contributed by atoms with Crippen molar-refractivity contribution >= 4 is 0 Å². The topological polar surface area (TPSA) is 24.1 Å². The van der Waals surface area contributed by atoms with Crippen molar-refractivity contribution in [1.82, 2.24) is 10.6 Å². The highest BCUT2D eigenvalue weighted by atomic mass is 15.0. The third kappa shape index (κ3) is 3.46. The number of hydrogen-bond donors (Lipinski definition) is 2. The van der Waals surface area contributed by atoms with Gasteiger partial charge in [-0.3, -0.25) is 0 Å². The van der Waals surface area contributed by atoms with Crippen molar-refractivity contribution in [2.24, 2.45) is 5.41 Å². The molecule has 0 bridgehead atoms. The van der Waals surface area contributed by atoms with E-state index in [0.29, 0.717) is 5.41 Å². The maximum absolute atomic E-state index is 3.81. The van der Waals surface area contributed by atoms with Crippen LogP contribution < -0.4 is 10.6 Å². The number of hydrogen-bond acceptors (Lipinski definition) is 2. The predicted molar refractivity (Wildman–Crippen MR) is 65.1 cm³/mol. The van der Waals surface area contributed by atoms with Crippen molar-refractivity contribution in [2.45, 2.75) is 57.9 Å². The zero-order chi connectivity index (χ0) is 10.6. The Labute approximate surface area is 94.2 Å². The van der Waals surface area contributed by atoms with Gasteiger partial charge in [-0.15, -0.1) is 0 Å². The first-order valence-electron chi connectivity index (χ1n) is 6.79. The molecule has 1 saturated carbocycles. The van der Waals surface area contributed by atoms with Crippen LogP contribution in [0, 0.1) is 5.41 Å². The molecule has 15 heavy (non-hydrogen) atoms. The number of nitrogens with one attached hydrogen (secondary N) is 2. The fraction of sp³-hybridized carbons (Fsp3) is 1.00. The van der Waals surface area contributed by atoms with Gasteiger partial charge >= 0.3 is 0 Å². The first kappa shape index (κ1) is 11.4. The average Bonchev–Trinajstić information content (AvgIpc) is 3.00. The minimum atomic E-state index is 0.717. The van der Waals surface area contributed by atoms with Crippen molar-refractivity contribution in [3.63, 3.8) is 0 Å². The Kier molecular flexibility index (Phi) is 4.04. The Morgan fingerprint density at radius 1 is 1.27 bits per heavy atom. The fourth-order valence-corrected chi connectivity index (χ4v) is 2.81. The molecule has 2 heteroatoms. The van der Waals surface area contributed by atoms with Gasteiger partial charge in [-0.2, -0.15) is 0 Å². The molecule has 1 aliphatic heterocycles. The second kappa shape index (κ2) is 5.31. The quantitative estimate of drug-likeness (QED) is 0.727. The highest BCUT2D eigenvalue weighted by molar-refractivity contribution is 4.95. The minimum absolute atomic E-state index is 0.717. The Balaban J connectivity index is 1.67. The molecule has 0 amide bonds. The molecule has 2 rings (SSSR count). The standard InChI is InChI=1S/C13H26N2/c1-2-6-13(7-8-13)11-15-12-4-3-9-14-10-5-12/h12,14-15H,2-11H2,1H3. The van der Waals surface area contributed by atoms with Crippen molar-refractivity contribution in [1.29, 1.82) is 0 Å². The minimum Gasteiger partial charge on any atom is -0.317 e. The molecular weight excluding hydrogens is 184 g/mol. The van der Waals surface area contributed by atoms with Gasteiger partial charge in [0.2, 0.25) is 0 Å². The second-order valence-electron chi connectivity index (χ2n) is 5.51. The third-order valence-electron chi connectivity index (χ3n) is 4.08. The van der Waals surface area contributed by atoms with E-state index in [1.54, 1.807) is 0 Å². The molecule has 2 nitrogen and oxygen atoms in total. The summed E-state index contributed by atoms with van der Waals surface area (Å²) in [6.07, 6.45) is 9.77. The lowest BCUT2D eigenvalue weighted by atomic mass is 9.99. The highest BCUT2D eigenvalue weighted by Gasteiger charge is 2.41. The van der Waals surface area contributed by atoms with Crippen molar-refractivity contribution < 1.29 is 0 Å². The largest absolute Gasteiger partial charge is 0.317 e. The molecule has 0 aromatic heterocycles. The van der Waals surface area contributed by atoms with E-state index in [0.717, 1.165) is 6.04 Å². The smallest absolute Gasteiger partial charge is 0.00798 e. The molecule has 1 saturated heterocycles. The van der Waals surface area contributed by atoms with Crippen molar-refractivity contribution in [2.75, 3.05) is 19.6 Å². The summed E-state index contributed by atoms with van der Waals surface area (Å²) in [5.74, 6) is 0. The third-order valence-corrected chi connectivity index (χ3v) is 4.08. The van der Waals surface area contributed by atoms with Crippen LogP contribution in [-0.4, -0.2) is 25.7 Å². The van der Waals surface area contributed by atoms with E-state index in [2.05, 4.69) is 17.6 Å². The monoisotopic (exact) mass is 210 g/mol. The van der Waals surface area contributed by atoms with E-state index in [1.165, 1.54) is 64.6 Å². The van der Waals surface area contributed by atoms with Crippen LogP contribution in [0.2, 0.25) is 0 Å². The van der Waals surface area contributed by atoms with Crippen LogP contribution in [-0.2, 0) is 0 Å². The summed E-state index contributed by atoms with van der Waals surface area (Å²) in [7, 11) is 0. The van der Waals surface area contributed by atoms with Gasteiger partial charge in [0.1, 0.15) is 0 Å². The summed E-state index contributed by atoms with van der Waals surface area (Å²) in [6.45, 7) is 6.03. The Morgan fingerprint density at radius 3 is 2.87 bits per heavy atom. The van der Waals surface area contributed by atoms with Gasteiger partial charge in [0.05, 0.1) is 0 Å². The first-order valence-corrected chi connectivity index (χ1v) is 6.79. The van der Waals surface area contributed by atoms with Gasteiger partial charge in [-0.25, -0.2) is 0 Å². The van der Waals surface area contributed by atoms with Crippen LogP contribution in [0.5, 0.6) is 0 Å². The van der Waals surface area contributed by atoms with E-state index >= 15 is 0 Å². The average molecular weight is 210 g/mol. The molecule has 2 fully saturated rings. The maximum atomic E-state index is 3.81. The Morgan fingerprint density at radius 2 is 2.13 bits per heavy atom. The normalized spacial score (nSPS) is 29.8. The molecule has 1 unspecified atom stereocenters. The lowest BCUT2D eigenvalue weighted by molar-refractivity contribution is 0.370. The molecule has 88 valence electrons. The summed E-state index contributed by atoms with van der Waals surface area (Å²) in [5, 5.41) is 7.28. The van der Waals surface area contributed by atoms with E-state index in [1.807, 2.05) is 0 Å². The molecule has 0 radical (unpaired) electrons. The lowest BCUT2D eigenvalue weighted by Crippen LogP contribution is -2.34. The SMILES string of the molecule is CCCC1(CNC2CCCNCC2)CC1. The molecule has 2 aliphatic rings. The molecule has 1 aliphatic carbocycles. The Hall–Kier alpha value is -0.0800. The summed E-state index contributed by atoms with van der Waals surface area (Å²) >= 11 is 0. The van der Waals surface area contributed by atoms with Gasteiger partial charge in [-0.05, 0) is 57.0 Å². The highest BCUT2D eigenvalue weighted by Crippen LogP contribution is 2.49. The van der Waals surface area contributed by atoms with Crippen molar-refractivity contribution in [3.8, 4) is 0 Å². The molecule has 2 N–H and O–H groups in total. The van der Waals surface area contributed by atoms with Crippen LogP contribution in [0.3, 0.4) is 0 Å². The predicted octanol–water partition coefficient (Wildman–Crippen LogP) is 2.30. The second-order valence-corrected chi connectivity index (χ2v) is 5.51. The summed E-state index contributed by atoms with van der Waals surface area (Å²) < 4.78 is 0. The van der Waals surface area contributed by atoms with Gasteiger partial charge in [0.25, 0.3) is 0 Å². The molecule has 1 atom stereocenters. The molecular formula is C13H26N2. The fourth-order valence-electron chi connectivity index (χ4n) is 2.81. The summed E-state index contributed by atoms with van der Waals surface area (Å²) in [6, 6.07) is 0.786. The van der Waals surface area contributed by atoms with Crippen LogP contribution in [0.25, 0.3) is 0 Å². The van der Waals surface area contributed by atoms with Gasteiger partial charge in [0, 0.05) is 12.6 Å². The van der Waals surface area contributed by atoms with Gasteiger partial charge in [-0.1, -0.05) is 13.3 Å². The van der Waals surface area contributed by atoms with Crippen LogP contribution in [0.4, 0.5) is 0 Å². The van der Waals surface area contributed by atoms with Gasteiger partial charge < -0.3 is 10.6 Å². The summed E-state index contributed by atoms with van der Waals surface area (Å²) in [5.41, 5.74) is 0.717. The Bertz CT molecular complexity index is 179. The molecule has 0 spiro atoms. The van der Waals surface area contributed by atoms with E-state index in [4.69, 9.17) is 0 Å². The summed E-state index contributed by atoms with van der Waals surface area (Å²) in [4.78, 5) is 0. The van der Waals surface area contributed by atoms with E-state index in [9.17, 15) is 0 Å². The van der Waals surface area contributed by atoms with Crippen molar-refractivity contribution in [3.05, 3.63) is 0 Å².